The maximum Gasteiger partial charge on any atom is 0.322 e. The summed E-state index contributed by atoms with van der Waals surface area (Å²) in [6.07, 6.45) is 2.63. The number of hydrogen-bond donors (Lipinski definition) is 2. The first-order valence-corrected chi connectivity index (χ1v) is 5.70. The van der Waals surface area contributed by atoms with Crippen molar-refractivity contribution in [3.05, 3.63) is 12.3 Å². The van der Waals surface area contributed by atoms with Gasteiger partial charge in [-0.1, -0.05) is 13.8 Å². The van der Waals surface area contributed by atoms with Crippen molar-refractivity contribution in [3.8, 4) is 5.88 Å². The van der Waals surface area contributed by atoms with Crippen molar-refractivity contribution in [3.63, 3.8) is 0 Å². The van der Waals surface area contributed by atoms with E-state index in [1.807, 2.05) is 0 Å². The van der Waals surface area contributed by atoms with Crippen molar-refractivity contribution in [1.29, 1.82) is 0 Å². The number of carbonyl (C=O) groups is 2. The van der Waals surface area contributed by atoms with Crippen molar-refractivity contribution >= 4 is 12.3 Å². The predicted octanol–water partition coefficient (Wildman–Crippen LogP) is 0.228. The van der Waals surface area contributed by atoms with Crippen LogP contribution in [-0.2, 0) is 21.4 Å². The number of methoxy groups -OCH3 is 1. The van der Waals surface area contributed by atoms with Crippen molar-refractivity contribution in [2.75, 3.05) is 7.11 Å². The highest BCUT2D eigenvalue weighted by Gasteiger charge is 2.25. The van der Waals surface area contributed by atoms with Crippen molar-refractivity contribution < 1.29 is 19.4 Å². The normalized spacial score (nSPS) is 12.1. The van der Waals surface area contributed by atoms with Crippen LogP contribution < -0.4 is 5.73 Å². The zero-order chi connectivity index (χ0) is 15.1. The van der Waals surface area contributed by atoms with E-state index in [4.69, 9.17) is 10.8 Å². The van der Waals surface area contributed by atoms with E-state index in [0.717, 1.165) is 6.29 Å². The number of nitrogens with two attached hydrogens (primary N) is 1. The summed E-state index contributed by atoms with van der Waals surface area (Å²) in [5.41, 5.74) is 4.89. The van der Waals surface area contributed by atoms with E-state index in [9.17, 15) is 9.59 Å². The highest BCUT2D eigenvalue weighted by Crippen LogP contribution is 2.18. The second-order valence-electron chi connectivity index (χ2n) is 4.75. The molecule has 1 atom stereocenters. The van der Waals surface area contributed by atoms with Crippen LogP contribution in [0.5, 0.6) is 5.88 Å². The fourth-order valence-corrected chi connectivity index (χ4v) is 1.22. The van der Waals surface area contributed by atoms with E-state index in [1.165, 1.54) is 24.1 Å². The lowest BCUT2D eigenvalue weighted by molar-refractivity contribution is -0.143. The largest absolute Gasteiger partial charge is 0.493 e. The third-order valence-corrected chi connectivity index (χ3v) is 2.36. The molecule has 0 aliphatic carbocycles. The van der Waals surface area contributed by atoms with E-state index in [1.54, 1.807) is 20.9 Å². The van der Waals surface area contributed by atoms with Gasteiger partial charge in [-0.05, 0) is 6.42 Å². The Bertz CT molecular complexity index is 398. The SMILES string of the molecule is COC(=O)C(N)CC(C)(C)C=O.Cn1nccc1O. The summed E-state index contributed by atoms with van der Waals surface area (Å²) >= 11 is 0. The van der Waals surface area contributed by atoms with E-state index in [0.29, 0.717) is 6.42 Å². The van der Waals surface area contributed by atoms with E-state index in [-0.39, 0.29) is 5.88 Å². The minimum atomic E-state index is -0.713. The van der Waals surface area contributed by atoms with Gasteiger partial charge < -0.3 is 20.4 Å². The molecule has 19 heavy (non-hydrogen) atoms. The van der Waals surface area contributed by atoms with Gasteiger partial charge in [0.25, 0.3) is 0 Å². The highest BCUT2D eigenvalue weighted by molar-refractivity contribution is 5.76. The number of hydrogen-bond acceptors (Lipinski definition) is 6. The molecule has 0 bridgehead atoms. The molecular formula is C12H21N3O4. The first-order chi connectivity index (χ1) is 8.73. The number of rotatable bonds is 4. The van der Waals surface area contributed by atoms with Gasteiger partial charge in [-0.2, -0.15) is 5.10 Å². The van der Waals surface area contributed by atoms with Crippen LogP contribution >= 0.6 is 0 Å². The summed E-state index contributed by atoms with van der Waals surface area (Å²) in [5, 5.41) is 12.3. The van der Waals surface area contributed by atoms with Gasteiger partial charge in [0.2, 0.25) is 5.88 Å². The first-order valence-electron chi connectivity index (χ1n) is 5.70. The molecule has 1 aromatic heterocycles. The molecular weight excluding hydrogens is 250 g/mol. The van der Waals surface area contributed by atoms with Crippen LogP contribution in [0.2, 0.25) is 0 Å². The van der Waals surface area contributed by atoms with Crippen molar-refractivity contribution in [1.82, 2.24) is 9.78 Å². The molecule has 0 fully saturated rings. The molecule has 1 heterocycles. The Balaban J connectivity index is 0.000000388. The molecule has 7 heteroatoms. The first kappa shape index (κ1) is 17.1. The summed E-state index contributed by atoms with van der Waals surface area (Å²) in [6, 6.07) is 0.815. The smallest absolute Gasteiger partial charge is 0.322 e. The van der Waals surface area contributed by atoms with Gasteiger partial charge in [0, 0.05) is 18.5 Å². The zero-order valence-corrected chi connectivity index (χ0v) is 11.7. The summed E-state index contributed by atoms with van der Waals surface area (Å²) < 4.78 is 5.81. The molecule has 3 N–H and O–H groups in total. The number of aldehydes is 1. The van der Waals surface area contributed by atoms with Crippen LogP contribution in [0, 0.1) is 5.41 Å². The average molecular weight is 271 g/mol. The maximum atomic E-state index is 10.8. The number of aromatic nitrogens is 2. The number of esters is 1. The predicted molar refractivity (Wildman–Crippen MR) is 69.3 cm³/mol. The van der Waals surface area contributed by atoms with Crippen LogP contribution in [0.1, 0.15) is 20.3 Å². The van der Waals surface area contributed by atoms with Crippen LogP contribution in [0.15, 0.2) is 12.3 Å². The number of carbonyl (C=O) groups excluding carboxylic acids is 2. The number of aromatic hydroxyl groups is 1. The Morgan fingerprint density at radius 2 is 2.26 bits per heavy atom. The minimum Gasteiger partial charge on any atom is -0.493 e. The van der Waals surface area contributed by atoms with Crippen LogP contribution in [0.3, 0.4) is 0 Å². The Kier molecular flexibility index (Phi) is 6.78. The molecule has 1 unspecified atom stereocenters. The monoisotopic (exact) mass is 271 g/mol. The fraction of sp³-hybridized carbons (Fsp3) is 0.583. The van der Waals surface area contributed by atoms with Crippen molar-refractivity contribution in [2.45, 2.75) is 26.3 Å². The second-order valence-corrected chi connectivity index (χ2v) is 4.75. The van der Waals surface area contributed by atoms with Gasteiger partial charge in [-0.3, -0.25) is 4.79 Å². The molecule has 0 saturated carbocycles. The molecule has 1 aromatic rings. The van der Waals surface area contributed by atoms with Gasteiger partial charge in [-0.25, -0.2) is 4.68 Å². The van der Waals surface area contributed by atoms with E-state index < -0.39 is 17.4 Å². The molecule has 0 amide bonds. The lowest BCUT2D eigenvalue weighted by Crippen LogP contribution is -2.36. The summed E-state index contributed by atoms with van der Waals surface area (Å²) in [5.74, 6) is -0.287. The zero-order valence-electron chi connectivity index (χ0n) is 11.7. The van der Waals surface area contributed by atoms with Gasteiger partial charge in [0.15, 0.2) is 0 Å². The van der Waals surface area contributed by atoms with E-state index >= 15 is 0 Å². The minimum absolute atomic E-state index is 0.194. The highest BCUT2D eigenvalue weighted by atomic mass is 16.5. The van der Waals surface area contributed by atoms with Gasteiger partial charge >= 0.3 is 5.97 Å². The lowest BCUT2D eigenvalue weighted by Gasteiger charge is -2.19. The Morgan fingerprint density at radius 1 is 1.68 bits per heavy atom. The summed E-state index contributed by atoms with van der Waals surface area (Å²) in [7, 11) is 2.95. The van der Waals surface area contributed by atoms with Crippen LogP contribution in [0.4, 0.5) is 0 Å². The second kappa shape index (κ2) is 7.52. The molecule has 0 aromatic carbocycles. The quantitative estimate of drug-likeness (QED) is 0.599. The van der Waals surface area contributed by atoms with Gasteiger partial charge in [0.1, 0.15) is 12.3 Å². The molecule has 108 valence electrons. The molecule has 0 aliphatic heterocycles. The standard InChI is InChI=1S/C8H15NO3.C4H6N2O/c1-8(2,5-10)4-6(9)7(11)12-3;1-6-4(7)2-3-5-6/h5-6H,4,9H2,1-3H3;2-3,7H,1H3. The molecule has 1 rings (SSSR count). The number of aryl methyl sites for hydroxylation is 1. The molecule has 0 saturated heterocycles. The number of nitrogens with zero attached hydrogens (tertiary/aromatic N) is 2. The summed E-state index contributed by atoms with van der Waals surface area (Å²) in [4.78, 5) is 21.3. The maximum absolute atomic E-state index is 10.8. The Morgan fingerprint density at radius 3 is 2.53 bits per heavy atom. The molecule has 7 nitrogen and oxygen atoms in total. The summed E-state index contributed by atoms with van der Waals surface area (Å²) in [6.45, 7) is 3.45. The lowest BCUT2D eigenvalue weighted by atomic mass is 9.88. The molecule has 0 aliphatic rings. The van der Waals surface area contributed by atoms with Crippen LogP contribution in [-0.4, -0.2) is 40.3 Å². The van der Waals surface area contributed by atoms with Crippen LogP contribution in [0.25, 0.3) is 0 Å². The Hall–Kier alpha value is -1.89. The third-order valence-electron chi connectivity index (χ3n) is 2.36. The topological polar surface area (TPSA) is 107 Å². The van der Waals surface area contributed by atoms with E-state index in [2.05, 4.69) is 9.84 Å². The van der Waals surface area contributed by atoms with Crippen molar-refractivity contribution in [2.24, 2.45) is 18.2 Å². The number of ether oxygens (including phenoxy) is 1. The van der Waals surface area contributed by atoms with Gasteiger partial charge in [0.05, 0.1) is 13.3 Å². The fourth-order valence-electron chi connectivity index (χ4n) is 1.22. The average Bonchev–Trinajstić information content (AvgIpc) is 2.73. The third kappa shape index (κ3) is 6.56. The molecule has 0 radical (unpaired) electrons. The van der Waals surface area contributed by atoms with Gasteiger partial charge in [-0.15, -0.1) is 0 Å². The Labute approximate surface area is 112 Å². The molecule has 0 spiro atoms.